The highest BCUT2D eigenvalue weighted by Gasteiger charge is 2.08. The highest BCUT2D eigenvalue weighted by Crippen LogP contribution is 2.20. The Balaban J connectivity index is 1.70. The summed E-state index contributed by atoms with van der Waals surface area (Å²) < 4.78 is 5.43. The van der Waals surface area contributed by atoms with E-state index < -0.39 is 0 Å². The van der Waals surface area contributed by atoms with Gasteiger partial charge in [-0.15, -0.1) is 0 Å². The molecular weight excluding hydrogens is 326 g/mol. The van der Waals surface area contributed by atoms with E-state index in [9.17, 15) is 4.79 Å². The molecule has 0 saturated carbocycles. The Morgan fingerprint density at radius 2 is 1.81 bits per heavy atom. The third kappa shape index (κ3) is 4.60. The van der Waals surface area contributed by atoms with Crippen molar-refractivity contribution in [3.05, 3.63) is 78.1 Å². The van der Waals surface area contributed by atoms with E-state index in [2.05, 4.69) is 15.6 Å². The molecule has 5 heteroatoms. The molecule has 1 aromatic heterocycles. The number of pyridine rings is 1. The van der Waals surface area contributed by atoms with Crippen LogP contribution in [0.2, 0.25) is 0 Å². The molecule has 0 aliphatic rings. The summed E-state index contributed by atoms with van der Waals surface area (Å²) in [6.45, 7) is 4.57. The molecule has 5 nitrogen and oxygen atoms in total. The van der Waals surface area contributed by atoms with Crippen molar-refractivity contribution in [2.45, 2.75) is 13.8 Å². The Morgan fingerprint density at radius 1 is 1.00 bits per heavy atom. The number of benzene rings is 2. The molecule has 132 valence electrons. The number of nitrogens with one attached hydrogen (secondary N) is 2. The molecule has 3 aromatic rings. The topological polar surface area (TPSA) is 63.2 Å². The maximum Gasteiger partial charge on any atom is 0.257 e. The van der Waals surface area contributed by atoms with Crippen LogP contribution in [0.4, 0.5) is 17.1 Å². The molecule has 0 radical (unpaired) electrons. The number of nitrogens with zero attached hydrogens (tertiary/aromatic N) is 1. The summed E-state index contributed by atoms with van der Waals surface area (Å²) in [5, 5.41) is 6.13. The van der Waals surface area contributed by atoms with Crippen LogP contribution in [0.15, 0.2) is 67.0 Å². The fourth-order valence-electron chi connectivity index (χ4n) is 2.53. The van der Waals surface area contributed by atoms with Crippen LogP contribution >= 0.6 is 0 Å². The van der Waals surface area contributed by atoms with Crippen molar-refractivity contribution in [1.29, 1.82) is 0 Å². The SMILES string of the molecule is CCOc1ccc(Nc2cncc(C(=O)Nc3cccc(C)c3)c2)cc1. The van der Waals surface area contributed by atoms with E-state index in [0.717, 1.165) is 28.4 Å². The highest BCUT2D eigenvalue weighted by atomic mass is 16.5. The summed E-state index contributed by atoms with van der Waals surface area (Å²) >= 11 is 0. The first-order chi connectivity index (χ1) is 12.6. The van der Waals surface area contributed by atoms with Crippen LogP contribution in [0.1, 0.15) is 22.8 Å². The summed E-state index contributed by atoms with van der Waals surface area (Å²) in [6, 6.07) is 17.1. The van der Waals surface area contributed by atoms with Gasteiger partial charge in [-0.3, -0.25) is 9.78 Å². The molecule has 0 bridgehead atoms. The number of amides is 1. The van der Waals surface area contributed by atoms with Gasteiger partial charge in [-0.2, -0.15) is 0 Å². The molecule has 1 amide bonds. The normalized spacial score (nSPS) is 10.2. The van der Waals surface area contributed by atoms with E-state index in [4.69, 9.17) is 4.74 Å². The third-order valence-corrected chi connectivity index (χ3v) is 3.73. The Kier molecular flexibility index (Phi) is 5.49. The Labute approximate surface area is 153 Å². The van der Waals surface area contributed by atoms with Gasteiger partial charge in [0.2, 0.25) is 0 Å². The molecule has 0 fully saturated rings. The lowest BCUT2D eigenvalue weighted by Crippen LogP contribution is -2.12. The minimum absolute atomic E-state index is 0.196. The van der Waals surface area contributed by atoms with Crippen LogP contribution < -0.4 is 15.4 Å². The lowest BCUT2D eigenvalue weighted by atomic mass is 10.2. The van der Waals surface area contributed by atoms with Gasteiger partial charge in [0.1, 0.15) is 5.75 Å². The van der Waals surface area contributed by atoms with Crippen LogP contribution in [0.3, 0.4) is 0 Å². The molecule has 26 heavy (non-hydrogen) atoms. The van der Waals surface area contributed by atoms with E-state index >= 15 is 0 Å². The van der Waals surface area contributed by atoms with Crippen molar-refractivity contribution in [3.63, 3.8) is 0 Å². The first-order valence-electron chi connectivity index (χ1n) is 8.47. The van der Waals surface area contributed by atoms with Gasteiger partial charge in [0, 0.05) is 17.6 Å². The van der Waals surface area contributed by atoms with Crippen molar-refractivity contribution in [1.82, 2.24) is 4.98 Å². The molecule has 0 spiro atoms. The molecule has 0 aliphatic heterocycles. The lowest BCUT2D eigenvalue weighted by molar-refractivity contribution is 0.102. The minimum Gasteiger partial charge on any atom is -0.494 e. The van der Waals surface area contributed by atoms with Gasteiger partial charge in [-0.05, 0) is 61.9 Å². The molecule has 0 atom stereocenters. The second-order valence-corrected chi connectivity index (χ2v) is 5.87. The van der Waals surface area contributed by atoms with Crippen molar-refractivity contribution in [2.75, 3.05) is 17.2 Å². The summed E-state index contributed by atoms with van der Waals surface area (Å²) in [5.41, 5.74) is 3.98. The summed E-state index contributed by atoms with van der Waals surface area (Å²) in [6.07, 6.45) is 3.23. The van der Waals surface area contributed by atoms with Crippen LogP contribution in [0.5, 0.6) is 5.75 Å². The second kappa shape index (κ2) is 8.16. The molecule has 2 aromatic carbocycles. The zero-order chi connectivity index (χ0) is 18.4. The van der Waals surface area contributed by atoms with Crippen molar-refractivity contribution in [2.24, 2.45) is 0 Å². The predicted octanol–water partition coefficient (Wildman–Crippen LogP) is 4.78. The van der Waals surface area contributed by atoms with Gasteiger partial charge in [0.15, 0.2) is 0 Å². The summed E-state index contributed by atoms with van der Waals surface area (Å²) in [7, 11) is 0. The highest BCUT2D eigenvalue weighted by molar-refractivity contribution is 6.04. The number of ether oxygens (including phenoxy) is 1. The maximum absolute atomic E-state index is 12.5. The fourth-order valence-corrected chi connectivity index (χ4v) is 2.53. The van der Waals surface area contributed by atoms with Crippen LogP contribution in [0, 0.1) is 6.92 Å². The molecule has 0 aliphatic carbocycles. The third-order valence-electron chi connectivity index (χ3n) is 3.73. The van der Waals surface area contributed by atoms with Gasteiger partial charge >= 0.3 is 0 Å². The molecular formula is C21H21N3O2. The standard InChI is InChI=1S/C21H21N3O2/c1-3-26-20-9-7-17(8-10-20)23-19-12-16(13-22-14-19)21(25)24-18-6-4-5-15(2)11-18/h4-14,23H,3H2,1-2H3,(H,24,25). The number of carbonyl (C=O) groups excluding carboxylic acids is 1. The summed E-state index contributed by atoms with van der Waals surface area (Å²) in [5.74, 6) is 0.626. The van der Waals surface area contributed by atoms with Crippen molar-refractivity contribution >= 4 is 23.0 Å². The maximum atomic E-state index is 12.5. The number of hydrogen-bond acceptors (Lipinski definition) is 4. The van der Waals surface area contributed by atoms with E-state index in [-0.39, 0.29) is 5.91 Å². The van der Waals surface area contributed by atoms with Crippen molar-refractivity contribution in [3.8, 4) is 5.75 Å². The van der Waals surface area contributed by atoms with E-state index in [0.29, 0.717) is 12.2 Å². The first kappa shape index (κ1) is 17.5. The molecule has 2 N–H and O–H groups in total. The molecule has 3 rings (SSSR count). The van der Waals surface area contributed by atoms with Crippen LogP contribution in [0.25, 0.3) is 0 Å². The predicted molar refractivity (Wildman–Crippen MR) is 104 cm³/mol. The van der Waals surface area contributed by atoms with E-state index in [1.807, 2.05) is 62.4 Å². The second-order valence-electron chi connectivity index (χ2n) is 5.87. The number of carbonyl (C=O) groups is 1. The average Bonchev–Trinajstić information content (AvgIpc) is 2.64. The quantitative estimate of drug-likeness (QED) is 0.673. The van der Waals surface area contributed by atoms with Gasteiger partial charge in [0.25, 0.3) is 5.91 Å². The Bertz CT molecular complexity index is 892. The van der Waals surface area contributed by atoms with Gasteiger partial charge in [-0.1, -0.05) is 12.1 Å². The average molecular weight is 347 g/mol. The largest absolute Gasteiger partial charge is 0.494 e. The number of rotatable bonds is 6. The molecule has 0 saturated heterocycles. The monoisotopic (exact) mass is 347 g/mol. The Morgan fingerprint density at radius 3 is 2.54 bits per heavy atom. The van der Waals surface area contributed by atoms with Gasteiger partial charge in [0.05, 0.1) is 24.1 Å². The fraction of sp³-hybridized carbons (Fsp3) is 0.143. The number of aromatic nitrogens is 1. The lowest BCUT2D eigenvalue weighted by Gasteiger charge is -2.10. The molecule has 1 heterocycles. The zero-order valence-corrected chi connectivity index (χ0v) is 14.8. The Hall–Kier alpha value is -3.34. The number of anilines is 3. The van der Waals surface area contributed by atoms with Gasteiger partial charge in [-0.25, -0.2) is 0 Å². The minimum atomic E-state index is -0.196. The van der Waals surface area contributed by atoms with Crippen LogP contribution in [-0.2, 0) is 0 Å². The zero-order valence-electron chi connectivity index (χ0n) is 14.8. The first-order valence-corrected chi connectivity index (χ1v) is 8.47. The van der Waals surface area contributed by atoms with E-state index in [1.165, 1.54) is 0 Å². The smallest absolute Gasteiger partial charge is 0.257 e. The van der Waals surface area contributed by atoms with Gasteiger partial charge < -0.3 is 15.4 Å². The number of hydrogen-bond donors (Lipinski definition) is 2. The molecule has 0 unspecified atom stereocenters. The number of aryl methyl sites for hydroxylation is 1. The van der Waals surface area contributed by atoms with Crippen molar-refractivity contribution < 1.29 is 9.53 Å². The van der Waals surface area contributed by atoms with Crippen LogP contribution in [-0.4, -0.2) is 17.5 Å². The van der Waals surface area contributed by atoms with E-state index in [1.54, 1.807) is 18.5 Å². The summed E-state index contributed by atoms with van der Waals surface area (Å²) in [4.78, 5) is 16.6.